The van der Waals surface area contributed by atoms with Crippen LogP contribution in [-0.2, 0) is 36.8 Å². The van der Waals surface area contributed by atoms with E-state index in [1.807, 2.05) is 60.7 Å². The maximum Gasteiger partial charge on any atom is 0.408 e. The second-order valence-corrected chi connectivity index (χ2v) is 8.90. The van der Waals surface area contributed by atoms with E-state index in [1.165, 1.54) is 7.11 Å². The minimum atomic E-state index is -1.11. The molecule has 0 unspecified atom stereocenters. The molecule has 0 bridgehead atoms. The average molecular weight is 471 g/mol. The molecule has 0 spiro atoms. The maximum atomic E-state index is 13.2. The number of rotatable bonds is 10. The Morgan fingerprint density at radius 2 is 1.44 bits per heavy atom. The largest absolute Gasteiger partial charge is 0.467 e. The topological polar surface area (TPSA) is 103 Å². The molecule has 3 atom stereocenters. The number of alkyl carbamates (subject to hydrolysis) is 1. The van der Waals surface area contributed by atoms with E-state index in [9.17, 15) is 14.4 Å². The molecule has 0 radical (unpaired) electrons. The Balaban J connectivity index is 2.17. The van der Waals surface area contributed by atoms with Crippen molar-refractivity contribution in [3.63, 3.8) is 0 Å². The number of amides is 2. The van der Waals surface area contributed by atoms with Crippen LogP contribution in [0.3, 0.4) is 0 Å². The Labute approximate surface area is 201 Å². The molecule has 0 heterocycles. The van der Waals surface area contributed by atoms with Gasteiger partial charge < -0.3 is 24.8 Å². The SMILES string of the molecule is COC(=O)[C@H](Cc1ccccc1)NC(=O)[C@H](NC(=O)OC(C)(C)C)[C@H](C)OCc1ccccc1. The number of hydrogen-bond donors (Lipinski definition) is 2. The summed E-state index contributed by atoms with van der Waals surface area (Å²) in [6, 6.07) is 16.7. The minimum Gasteiger partial charge on any atom is -0.467 e. The summed E-state index contributed by atoms with van der Waals surface area (Å²) < 4.78 is 16.1. The highest BCUT2D eigenvalue weighted by atomic mass is 16.6. The highest BCUT2D eigenvalue weighted by molar-refractivity contribution is 5.90. The molecule has 0 aliphatic rings. The van der Waals surface area contributed by atoms with Crippen LogP contribution in [0.4, 0.5) is 4.79 Å². The first-order valence-electron chi connectivity index (χ1n) is 11.2. The molecule has 2 N–H and O–H groups in total. The van der Waals surface area contributed by atoms with Crippen LogP contribution >= 0.6 is 0 Å². The molecular formula is C26H34N2O6. The van der Waals surface area contributed by atoms with Gasteiger partial charge in [-0.1, -0.05) is 60.7 Å². The van der Waals surface area contributed by atoms with Crippen LogP contribution < -0.4 is 10.6 Å². The first-order valence-corrected chi connectivity index (χ1v) is 11.2. The van der Waals surface area contributed by atoms with Crippen molar-refractivity contribution in [1.82, 2.24) is 10.6 Å². The third kappa shape index (κ3) is 9.23. The van der Waals surface area contributed by atoms with E-state index < -0.39 is 41.8 Å². The molecule has 184 valence electrons. The van der Waals surface area contributed by atoms with Crippen LogP contribution in [0.5, 0.6) is 0 Å². The van der Waals surface area contributed by atoms with E-state index in [-0.39, 0.29) is 13.0 Å². The van der Waals surface area contributed by atoms with E-state index >= 15 is 0 Å². The summed E-state index contributed by atoms with van der Waals surface area (Å²) in [7, 11) is 1.26. The molecule has 8 nitrogen and oxygen atoms in total. The zero-order valence-corrected chi connectivity index (χ0v) is 20.4. The summed E-state index contributed by atoms with van der Waals surface area (Å²) in [4.78, 5) is 38.1. The van der Waals surface area contributed by atoms with E-state index in [2.05, 4.69) is 10.6 Å². The van der Waals surface area contributed by atoms with Gasteiger partial charge in [0.1, 0.15) is 17.7 Å². The predicted molar refractivity (Wildman–Crippen MR) is 128 cm³/mol. The summed E-state index contributed by atoms with van der Waals surface area (Å²) in [5.74, 6) is -1.18. The van der Waals surface area contributed by atoms with E-state index in [1.54, 1.807) is 27.7 Å². The highest BCUT2D eigenvalue weighted by Gasteiger charge is 2.33. The van der Waals surface area contributed by atoms with Crippen LogP contribution in [0, 0.1) is 0 Å². The lowest BCUT2D eigenvalue weighted by atomic mass is 10.0. The molecule has 0 aliphatic heterocycles. The van der Waals surface area contributed by atoms with E-state index in [0.29, 0.717) is 0 Å². The third-order valence-corrected chi connectivity index (χ3v) is 4.86. The van der Waals surface area contributed by atoms with Crippen molar-refractivity contribution in [2.75, 3.05) is 7.11 Å². The van der Waals surface area contributed by atoms with Gasteiger partial charge in [0.25, 0.3) is 0 Å². The van der Waals surface area contributed by atoms with Crippen molar-refractivity contribution >= 4 is 18.0 Å². The molecule has 2 amide bonds. The third-order valence-electron chi connectivity index (χ3n) is 4.86. The second kappa shape index (κ2) is 12.7. The number of methoxy groups -OCH3 is 1. The first kappa shape index (κ1) is 26.9. The standard InChI is InChI=1S/C26H34N2O6/c1-18(33-17-20-14-10-7-11-15-20)22(28-25(31)34-26(2,3)4)23(29)27-21(24(30)32-5)16-19-12-8-6-9-13-19/h6-15,18,21-22H,16-17H2,1-5H3,(H,27,29)(H,28,31)/t18-,21-,22+/m0/s1. The summed E-state index contributed by atoms with van der Waals surface area (Å²) in [5, 5.41) is 5.29. The fourth-order valence-corrected chi connectivity index (χ4v) is 3.18. The van der Waals surface area contributed by atoms with Crippen LogP contribution in [0.1, 0.15) is 38.8 Å². The van der Waals surface area contributed by atoms with Gasteiger partial charge in [-0.3, -0.25) is 4.79 Å². The van der Waals surface area contributed by atoms with Crippen LogP contribution in [0.25, 0.3) is 0 Å². The van der Waals surface area contributed by atoms with Gasteiger partial charge in [0.2, 0.25) is 5.91 Å². The van der Waals surface area contributed by atoms with Gasteiger partial charge in [-0.15, -0.1) is 0 Å². The molecular weight excluding hydrogens is 436 g/mol. The van der Waals surface area contributed by atoms with Crippen molar-refractivity contribution in [3.8, 4) is 0 Å². The number of benzene rings is 2. The lowest BCUT2D eigenvalue weighted by Gasteiger charge is -2.28. The molecule has 2 aromatic carbocycles. The van der Waals surface area contributed by atoms with Gasteiger partial charge in [0.05, 0.1) is 19.8 Å². The Morgan fingerprint density at radius 1 is 0.882 bits per heavy atom. The number of carbonyl (C=O) groups is 3. The van der Waals surface area contributed by atoms with Gasteiger partial charge in [-0.2, -0.15) is 0 Å². The molecule has 8 heteroatoms. The van der Waals surface area contributed by atoms with Gasteiger partial charge in [0.15, 0.2) is 0 Å². The quantitative estimate of drug-likeness (QED) is 0.516. The molecule has 0 aromatic heterocycles. The monoisotopic (exact) mass is 470 g/mol. The van der Waals surface area contributed by atoms with Crippen molar-refractivity contribution in [2.45, 2.75) is 64.5 Å². The first-order chi connectivity index (χ1) is 16.1. The van der Waals surface area contributed by atoms with Gasteiger partial charge in [0, 0.05) is 6.42 Å². The molecule has 0 saturated carbocycles. The van der Waals surface area contributed by atoms with Crippen LogP contribution in [0.2, 0.25) is 0 Å². The number of nitrogens with one attached hydrogen (secondary N) is 2. The normalized spacial score (nSPS) is 13.8. The maximum absolute atomic E-state index is 13.2. The zero-order chi connectivity index (χ0) is 25.1. The summed E-state index contributed by atoms with van der Waals surface area (Å²) >= 11 is 0. The second-order valence-electron chi connectivity index (χ2n) is 8.90. The van der Waals surface area contributed by atoms with Crippen molar-refractivity contribution < 1.29 is 28.6 Å². The molecule has 0 fully saturated rings. The van der Waals surface area contributed by atoms with Gasteiger partial charge in [-0.25, -0.2) is 9.59 Å². The van der Waals surface area contributed by atoms with Gasteiger partial charge in [-0.05, 0) is 38.8 Å². The molecule has 2 aromatic rings. The highest BCUT2D eigenvalue weighted by Crippen LogP contribution is 2.11. The minimum absolute atomic E-state index is 0.234. The molecule has 2 rings (SSSR count). The van der Waals surface area contributed by atoms with E-state index in [0.717, 1.165) is 11.1 Å². The Hall–Kier alpha value is -3.39. The lowest BCUT2D eigenvalue weighted by molar-refractivity contribution is -0.145. The summed E-state index contributed by atoms with van der Waals surface area (Å²) in [6.07, 6.45) is -1.25. The number of ether oxygens (including phenoxy) is 3. The number of esters is 1. The predicted octanol–water partition coefficient (Wildman–Crippen LogP) is 3.39. The Kier molecular flexibility index (Phi) is 10.1. The molecule has 34 heavy (non-hydrogen) atoms. The van der Waals surface area contributed by atoms with Crippen LogP contribution in [-0.4, -0.2) is 48.9 Å². The lowest BCUT2D eigenvalue weighted by Crippen LogP contribution is -2.57. The van der Waals surface area contributed by atoms with E-state index in [4.69, 9.17) is 14.2 Å². The van der Waals surface area contributed by atoms with Crippen LogP contribution in [0.15, 0.2) is 60.7 Å². The zero-order valence-electron chi connectivity index (χ0n) is 20.4. The fourth-order valence-electron chi connectivity index (χ4n) is 3.18. The van der Waals surface area contributed by atoms with Crippen molar-refractivity contribution in [3.05, 3.63) is 71.8 Å². The summed E-state index contributed by atoms with van der Waals surface area (Å²) in [5.41, 5.74) is 1.02. The fraction of sp³-hybridized carbons (Fsp3) is 0.423. The Bertz CT molecular complexity index is 927. The molecule has 0 saturated heterocycles. The number of hydrogen-bond acceptors (Lipinski definition) is 6. The van der Waals surface area contributed by atoms with Crippen molar-refractivity contribution in [2.24, 2.45) is 0 Å². The van der Waals surface area contributed by atoms with Crippen molar-refractivity contribution in [1.29, 1.82) is 0 Å². The smallest absolute Gasteiger partial charge is 0.408 e. The Morgan fingerprint density at radius 3 is 1.97 bits per heavy atom. The summed E-state index contributed by atoms with van der Waals surface area (Å²) in [6.45, 7) is 7.10. The number of carbonyl (C=O) groups excluding carboxylic acids is 3. The average Bonchev–Trinajstić information content (AvgIpc) is 2.80. The van der Waals surface area contributed by atoms with Gasteiger partial charge >= 0.3 is 12.1 Å². The molecule has 0 aliphatic carbocycles.